The number of aldehydes is 1. The molecule has 0 saturated heterocycles. The Balaban J connectivity index is 2.52. The van der Waals surface area contributed by atoms with Crippen molar-refractivity contribution < 1.29 is 4.79 Å². The third-order valence-electron chi connectivity index (χ3n) is 1.90. The first-order chi connectivity index (χ1) is 6.42. The summed E-state index contributed by atoms with van der Waals surface area (Å²) in [5.41, 5.74) is 2.91. The number of benzene rings is 1. The maximum Gasteiger partial charge on any atom is 0.151 e. The van der Waals surface area contributed by atoms with Crippen molar-refractivity contribution in [1.29, 1.82) is 0 Å². The molecule has 0 aliphatic rings. The first kappa shape index (κ1) is 8.20. The Hall–Kier alpha value is -1.41. The van der Waals surface area contributed by atoms with Gasteiger partial charge in [-0.2, -0.15) is 11.3 Å². The monoisotopic (exact) mass is 188 g/mol. The lowest BCUT2D eigenvalue weighted by Gasteiger charge is -1.97. The second kappa shape index (κ2) is 3.54. The fourth-order valence-corrected chi connectivity index (χ4v) is 2.06. The zero-order valence-electron chi connectivity index (χ0n) is 6.94. The smallest absolute Gasteiger partial charge is 0.151 e. The van der Waals surface area contributed by atoms with Crippen LogP contribution in [-0.4, -0.2) is 6.29 Å². The summed E-state index contributed by atoms with van der Waals surface area (Å²) in [5, 5.41) is 3.87. The van der Waals surface area contributed by atoms with E-state index in [0.717, 1.165) is 23.0 Å². The Bertz CT molecular complexity index is 403. The Labute approximate surface area is 80.7 Å². The van der Waals surface area contributed by atoms with Gasteiger partial charge in [-0.1, -0.05) is 30.3 Å². The second-order valence-corrected chi connectivity index (χ2v) is 3.47. The summed E-state index contributed by atoms with van der Waals surface area (Å²) in [5.74, 6) is 0. The van der Waals surface area contributed by atoms with Crippen LogP contribution >= 0.6 is 11.3 Å². The lowest BCUT2D eigenvalue weighted by Crippen LogP contribution is -1.79. The highest BCUT2D eigenvalue weighted by atomic mass is 32.1. The minimum Gasteiger partial charge on any atom is -0.298 e. The third-order valence-corrected chi connectivity index (χ3v) is 2.67. The maximum absolute atomic E-state index is 10.7. The summed E-state index contributed by atoms with van der Waals surface area (Å²) in [6, 6.07) is 9.93. The fraction of sp³-hybridized carbons (Fsp3) is 0. The van der Waals surface area contributed by atoms with Crippen LogP contribution in [-0.2, 0) is 0 Å². The molecule has 1 nitrogen and oxygen atoms in total. The predicted molar refractivity (Wildman–Crippen MR) is 55.1 cm³/mol. The molecule has 0 unspecified atom stereocenters. The van der Waals surface area contributed by atoms with Gasteiger partial charge in [-0.05, 0) is 10.9 Å². The number of hydrogen-bond donors (Lipinski definition) is 0. The standard InChI is InChI=1S/C11H8OS/c12-6-10-7-13-8-11(10)9-4-2-1-3-5-9/h1-8H. The summed E-state index contributed by atoms with van der Waals surface area (Å²) in [4.78, 5) is 10.7. The molecule has 0 bridgehead atoms. The number of hydrogen-bond acceptors (Lipinski definition) is 2. The lowest BCUT2D eigenvalue weighted by molar-refractivity contribution is 0.112. The van der Waals surface area contributed by atoms with E-state index in [2.05, 4.69) is 0 Å². The van der Waals surface area contributed by atoms with Gasteiger partial charge in [-0.3, -0.25) is 4.79 Å². The quantitative estimate of drug-likeness (QED) is 0.661. The van der Waals surface area contributed by atoms with Crippen LogP contribution in [0.5, 0.6) is 0 Å². The molecule has 2 aromatic rings. The summed E-state index contributed by atoms with van der Waals surface area (Å²) >= 11 is 1.55. The third kappa shape index (κ3) is 1.53. The number of rotatable bonds is 2. The Morgan fingerprint density at radius 2 is 1.85 bits per heavy atom. The Kier molecular flexibility index (Phi) is 2.23. The summed E-state index contributed by atoms with van der Waals surface area (Å²) in [7, 11) is 0. The molecule has 13 heavy (non-hydrogen) atoms. The van der Waals surface area contributed by atoms with Crippen LogP contribution in [0.4, 0.5) is 0 Å². The van der Waals surface area contributed by atoms with E-state index < -0.39 is 0 Å². The molecule has 0 fully saturated rings. The van der Waals surface area contributed by atoms with Gasteiger partial charge in [-0.15, -0.1) is 0 Å². The van der Waals surface area contributed by atoms with E-state index in [9.17, 15) is 4.79 Å². The van der Waals surface area contributed by atoms with Crippen LogP contribution in [0.3, 0.4) is 0 Å². The largest absolute Gasteiger partial charge is 0.298 e. The normalized spacial score (nSPS) is 9.85. The van der Waals surface area contributed by atoms with Gasteiger partial charge in [0.15, 0.2) is 6.29 Å². The Morgan fingerprint density at radius 3 is 2.54 bits per heavy atom. The fourth-order valence-electron chi connectivity index (χ4n) is 1.25. The van der Waals surface area contributed by atoms with Crippen molar-refractivity contribution in [2.24, 2.45) is 0 Å². The molecule has 0 atom stereocenters. The zero-order chi connectivity index (χ0) is 9.10. The van der Waals surface area contributed by atoms with Crippen molar-refractivity contribution in [2.45, 2.75) is 0 Å². The van der Waals surface area contributed by atoms with Crippen LogP contribution < -0.4 is 0 Å². The maximum atomic E-state index is 10.7. The number of carbonyl (C=O) groups excluding carboxylic acids is 1. The minimum absolute atomic E-state index is 0.774. The first-order valence-corrected chi connectivity index (χ1v) is 4.93. The van der Waals surface area contributed by atoms with Gasteiger partial charge in [0.1, 0.15) is 0 Å². The van der Waals surface area contributed by atoms with E-state index in [1.54, 1.807) is 11.3 Å². The van der Waals surface area contributed by atoms with Gasteiger partial charge < -0.3 is 0 Å². The van der Waals surface area contributed by atoms with Crippen molar-refractivity contribution >= 4 is 17.6 Å². The summed E-state index contributed by atoms with van der Waals surface area (Å²) in [6.45, 7) is 0. The molecule has 0 radical (unpaired) electrons. The second-order valence-electron chi connectivity index (χ2n) is 2.72. The Morgan fingerprint density at radius 1 is 1.08 bits per heavy atom. The zero-order valence-corrected chi connectivity index (χ0v) is 7.75. The molecule has 1 aromatic carbocycles. The molecular weight excluding hydrogens is 180 g/mol. The van der Waals surface area contributed by atoms with Crippen LogP contribution in [0.2, 0.25) is 0 Å². The van der Waals surface area contributed by atoms with Crippen molar-refractivity contribution in [1.82, 2.24) is 0 Å². The van der Waals surface area contributed by atoms with Gasteiger partial charge in [0.2, 0.25) is 0 Å². The number of thiophene rings is 1. The van der Waals surface area contributed by atoms with Gasteiger partial charge in [0, 0.05) is 16.5 Å². The summed E-state index contributed by atoms with van der Waals surface area (Å²) in [6.07, 6.45) is 0.902. The van der Waals surface area contributed by atoms with Gasteiger partial charge >= 0.3 is 0 Å². The topological polar surface area (TPSA) is 17.1 Å². The van der Waals surface area contributed by atoms with Gasteiger partial charge in [-0.25, -0.2) is 0 Å². The molecular formula is C11H8OS. The van der Waals surface area contributed by atoms with Crippen molar-refractivity contribution in [3.05, 3.63) is 46.7 Å². The van der Waals surface area contributed by atoms with E-state index in [0.29, 0.717) is 0 Å². The SMILES string of the molecule is O=Cc1cscc1-c1ccccc1. The molecule has 0 spiro atoms. The van der Waals surface area contributed by atoms with Crippen LogP contribution in [0.25, 0.3) is 11.1 Å². The van der Waals surface area contributed by atoms with E-state index in [1.807, 2.05) is 41.1 Å². The lowest BCUT2D eigenvalue weighted by atomic mass is 10.1. The van der Waals surface area contributed by atoms with Crippen molar-refractivity contribution in [3.63, 3.8) is 0 Å². The van der Waals surface area contributed by atoms with Crippen LogP contribution in [0.15, 0.2) is 41.1 Å². The van der Waals surface area contributed by atoms with Gasteiger partial charge in [0.25, 0.3) is 0 Å². The molecule has 64 valence electrons. The molecule has 0 aliphatic heterocycles. The molecule has 1 aromatic heterocycles. The number of carbonyl (C=O) groups is 1. The first-order valence-electron chi connectivity index (χ1n) is 3.98. The molecule has 1 heterocycles. The van der Waals surface area contributed by atoms with Crippen LogP contribution in [0.1, 0.15) is 10.4 Å². The predicted octanol–water partition coefficient (Wildman–Crippen LogP) is 3.23. The van der Waals surface area contributed by atoms with E-state index in [4.69, 9.17) is 0 Å². The molecule has 0 N–H and O–H groups in total. The van der Waals surface area contributed by atoms with Crippen LogP contribution in [0, 0.1) is 0 Å². The van der Waals surface area contributed by atoms with Crippen molar-refractivity contribution in [3.8, 4) is 11.1 Å². The molecule has 0 aliphatic carbocycles. The van der Waals surface area contributed by atoms with E-state index in [-0.39, 0.29) is 0 Å². The highest BCUT2D eigenvalue weighted by Gasteiger charge is 2.03. The molecule has 0 amide bonds. The average molecular weight is 188 g/mol. The highest BCUT2D eigenvalue weighted by molar-refractivity contribution is 7.08. The highest BCUT2D eigenvalue weighted by Crippen LogP contribution is 2.25. The van der Waals surface area contributed by atoms with E-state index >= 15 is 0 Å². The van der Waals surface area contributed by atoms with Gasteiger partial charge in [0.05, 0.1) is 0 Å². The van der Waals surface area contributed by atoms with E-state index in [1.165, 1.54) is 0 Å². The molecule has 2 heteroatoms. The minimum atomic E-state index is 0.774. The summed E-state index contributed by atoms with van der Waals surface area (Å²) < 4.78 is 0. The molecule has 0 saturated carbocycles. The molecule has 2 rings (SSSR count). The average Bonchev–Trinajstić information content (AvgIpc) is 2.67. The van der Waals surface area contributed by atoms with Crippen molar-refractivity contribution in [2.75, 3.05) is 0 Å².